The van der Waals surface area contributed by atoms with Gasteiger partial charge in [-0.15, -0.1) is 0 Å². The fraction of sp³-hybridized carbons (Fsp3) is 0.429. The molecule has 0 aliphatic rings. The molecule has 0 aliphatic carbocycles. The van der Waals surface area contributed by atoms with Gasteiger partial charge >= 0.3 is 11.9 Å². The molecule has 0 bridgehead atoms. The molecule has 1 aromatic carbocycles. The molecule has 0 aromatic heterocycles. The smallest absolute Gasteiger partial charge is 0.341 e. The lowest BCUT2D eigenvalue weighted by atomic mass is 10.2. The maximum atomic E-state index is 11.6. The number of esters is 2. The van der Waals surface area contributed by atoms with Gasteiger partial charge in [-0.2, -0.15) is 0 Å². The topological polar surface area (TPSA) is 105 Å². The molecule has 120 valence electrons. The summed E-state index contributed by atoms with van der Waals surface area (Å²) in [7, 11) is 1.17. The van der Waals surface area contributed by atoms with E-state index in [4.69, 9.17) is 9.47 Å². The average Bonchev–Trinajstić information content (AvgIpc) is 2.51. The number of ether oxygens (including phenoxy) is 3. The van der Waals surface area contributed by atoms with E-state index in [2.05, 4.69) is 4.74 Å². The normalized spacial score (nSPS) is 9.91. The van der Waals surface area contributed by atoms with Crippen molar-refractivity contribution >= 4 is 17.6 Å². The Labute approximate surface area is 127 Å². The number of non-ortho nitro benzene ring substituents is 1. The summed E-state index contributed by atoms with van der Waals surface area (Å²) in [6.45, 7) is 2.20. The third kappa shape index (κ3) is 5.04. The van der Waals surface area contributed by atoms with E-state index in [1.165, 1.54) is 19.2 Å². The molecule has 1 aromatic rings. The Morgan fingerprint density at radius 2 is 2.05 bits per heavy atom. The first kappa shape index (κ1) is 17.4. The molecule has 0 saturated heterocycles. The molecule has 0 fully saturated rings. The zero-order valence-corrected chi connectivity index (χ0v) is 12.4. The van der Waals surface area contributed by atoms with E-state index < -0.39 is 10.9 Å². The minimum absolute atomic E-state index is 0.0344. The highest BCUT2D eigenvalue weighted by Crippen LogP contribution is 2.25. The van der Waals surface area contributed by atoms with Crippen LogP contribution in [0.4, 0.5) is 5.69 Å². The quantitative estimate of drug-likeness (QED) is 0.313. The number of nitro benzene ring substituents is 1. The van der Waals surface area contributed by atoms with E-state index in [9.17, 15) is 19.7 Å². The monoisotopic (exact) mass is 311 g/mol. The second-order valence-electron chi connectivity index (χ2n) is 4.19. The van der Waals surface area contributed by atoms with Crippen LogP contribution in [0.15, 0.2) is 18.2 Å². The predicted molar refractivity (Wildman–Crippen MR) is 75.8 cm³/mol. The zero-order valence-electron chi connectivity index (χ0n) is 12.4. The van der Waals surface area contributed by atoms with Crippen LogP contribution >= 0.6 is 0 Å². The van der Waals surface area contributed by atoms with Crippen LogP contribution in [0.3, 0.4) is 0 Å². The fourth-order valence-corrected chi connectivity index (χ4v) is 1.66. The molecule has 8 heteroatoms. The first-order valence-electron chi connectivity index (χ1n) is 6.64. The Kier molecular flexibility index (Phi) is 6.81. The van der Waals surface area contributed by atoms with Gasteiger partial charge in [-0.05, 0) is 19.4 Å². The summed E-state index contributed by atoms with van der Waals surface area (Å²) in [5.74, 6) is -0.895. The van der Waals surface area contributed by atoms with Crippen molar-refractivity contribution in [1.82, 2.24) is 0 Å². The van der Waals surface area contributed by atoms with Crippen molar-refractivity contribution < 1.29 is 28.7 Å². The lowest BCUT2D eigenvalue weighted by molar-refractivity contribution is -0.384. The van der Waals surface area contributed by atoms with Gasteiger partial charge < -0.3 is 14.2 Å². The third-order valence-electron chi connectivity index (χ3n) is 2.67. The summed E-state index contributed by atoms with van der Waals surface area (Å²) in [4.78, 5) is 32.9. The van der Waals surface area contributed by atoms with Gasteiger partial charge in [0.05, 0.1) is 25.2 Å². The summed E-state index contributed by atoms with van der Waals surface area (Å²) < 4.78 is 14.7. The van der Waals surface area contributed by atoms with E-state index in [0.29, 0.717) is 13.0 Å². The van der Waals surface area contributed by atoms with Crippen LogP contribution in [0.2, 0.25) is 0 Å². The Morgan fingerprint density at radius 3 is 2.64 bits per heavy atom. The summed E-state index contributed by atoms with van der Waals surface area (Å²) in [5.41, 5.74) is -0.271. The molecule has 0 spiro atoms. The summed E-state index contributed by atoms with van der Waals surface area (Å²) in [5, 5.41) is 10.7. The Morgan fingerprint density at radius 1 is 1.32 bits per heavy atom. The molecule has 0 saturated carbocycles. The second-order valence-corrected chi connectivity index (χ2v) is 4.19. The molecule has 0 radical (unpaired) electrons. The minimum Gasteiger partial charge on any atom is -0.493 e. The van der Waals surface area contributed by atoms with Crippen LogP contribution in [0.25, 0.3) is 0 Å². The van der Waals surface area contributed by atoms with Gasteiger partial charge in [-0.25, -0.2) is 4.79 Å². The number of carbonyl (C=O) groups excluding carboxylic acids is 2. The number of carbonyl (C=O) groups is 2. The molecule has 0 atom stereocenters. The van der Waals surface area contributed by atoms with Crippen molar-refractivity contribution in [3.05, 3.63) is 33.9 Å². The van der Waals surface area contributed by atoms with Crippen molar-refractivity contribution in [2.75, 3.05) is 20.3 Å². The zero-order chi connectivity index (χ0) is 16.5. The highest BCUT2D eigenvalue weighted by atomic mass is 16.6. The molecular weight excluding hydrogens is 294 g/mol. The SMILES string of the molecule is CCOC(=O)CCCOc1ccc([N+](=O)[O-])cc1C(=O)OC. The first-order valence-corrected chi connectivity index (χ1v) is 6.64. The van der Waals surface area contributed by atoms with Gasteiger partial charge in [0, 0.05) is 18.6 Å². The van der Waals surface area contributed by atoms with Crippen LogP contribution in [0, 0.1) is 10.1 Å². The number of benzene rings is 1. The van der Waals surface area contributed by atoms with Gasteiger partial charge in [0.15, 0.2) is 0 Å². The van der Waals surface area contributed by atoms with Gasteiger partial charge in [-0.3, -0.25) is 14.9 Å². The molecule has 0 N–H and O–H groups in total. The summed E-state index contributed by atoms with van der Waals surface area (Å²) in [6, 6.07) is 3.65. The summed E-state index contributed by atoms with van der Waals surface area (Å²) >= 11 is 0. The number of nitrogens with zero attached hydrogens (tertiary/aromatic N) is 1. The van der Waals surface area contributed by atoms with E-state index in [0.717, 1.165) is 6.07 Å². The molecule has 1 rings (SSSR count). The van der Waals surface area contributed by atoms with Crippen molar-refractivity contribution in [2.45, 2.75) is 19.8 Å². The minimum atomic E-state index is -0.732. The standard InChI is InChI=1S/C14H17NO7/c1-3-21-13(16)5-4-8-22-12-7-6-10(15(18)19)9-11(12)14(17)20-2/h6-7,9H,3-5,8H2,1-2H3. The molecule has 22 heavy (non-hydrogen) atoms. The Hall–Kier alpha value is -2.64. The van der Waals surface area contributed by atoms with Gasteiger partial charge in [-0.1, -0.05) is 0 Å². The number of rotatable bonds is 8. The van der Waals surface area contributed by atoms with E-state index in [1.54, 1.807) is 6.92 Å². The first-order chi connectivity index (χ1) is 10.5. The Bertz CT molecular complexity index is 556. The highest BCUT2D eigenvalue weighted by Gasteiger charge is 2.18. The van der Waals surface area contributed by atoms with Crippen LogP contribution in [0.1, 0.15) is 30.1 Å². The van der Waals surface area contributed by atoms with Crippen molar-refractivity contribution in [3.63, 3.8) is 0 Å². The van der Waals surface area contributed by atoms with Crippen molar-refractivity contribution in [1.29, 1.82) is 0 Å². The van der Waals surface area contributed by atoms with Gasteiger partial charge in [0.25, 0.3) is 5.69 Å². The predicted octanol–water partition coefficient (Wildman–Crippen LogP) is 2.10. The van der Waals surface area contributed by atoms with Crippen molar-refractivity contribution in [3.8, 4) is 5.75 Å². The number of methoxy groups -OCH3 is 1. The maximum absolute atomic E-state index is 11.6. The highest BCUT2D eigenvalue weighted by molar-refractivity contribution is 5.93. The molecular formula is C14H17NO7. The molecule has 0 amide bonds. The van der Waals surface area contributed by atoms with Crippen LogP contribution in [-0.4, -0.2) is 37.2 Å². The van der Waals surface area contributed by atoms with E-state index in [1.807, 2.05) is 0 Å². The van der Waals surface area contributed by atoms with Crippen LogP contribution in [0.5, 0.6) is 5.75 Å². The average molecular weight is 311 g/mol. The van der Waals surface area contributed by atoms with Crippen LogP contribution < -0.4 is 4.74 Å². The number of nitro groups is 1. The maximum Gasteiger partial charge on any atom is 0.341 e. The number of hydrogen-bond donors (Lipinski definition) is 0. The molecule has 0 heterocycles. The Balaban J connectivity index is 2.71. The van der Waals surface area contributed by atoms with Crippen molar-refractivity contribution in [2.24, 2.45) is 0 Å². The van der Waals surface area contributed by atoms with Crippen LogP contribution in [-0.2, 0) is 14.3 Å². The molecule has 0 aliphatic heterocycles. The second kappa shape index (κ2) is 8.60. The van der Waals surface area contributed by atoms with Gasteiger partial charge in [0.1, 0.15) is 11.3 Å². The lowest BCUT2D eigenvalue weighted by Crippen LogP contribution is -2.09. The fourth-order valence-electron chi connectivity index (χ4n) is 1.66. The third-order valence-corrected chi connectivity index (χ3v) is 2.67. The van der Waals surface area contributed by atoms with E-state index in [-0.39, 0.29) is 36.0 Å². The summed E-state index contributed by atoms with van der Waals surface area (Å²) in [6.07, 6.45) is 0.588. The lowest BCUT2D eigenvalue weighted by Gasteiger charge is -2.10. The van der Waals surface area contributed by atoms with Gasteiger partial charge in [0.2, 0.25) is 0 Å². The molecule has 8 nitrogen and oxygen atoms in total. The largest absolute Gasteiger partial charge is 0.493 e. The van der Waals surface area contributed by atoms with E-state index >= 15 is 0 Å². The molecule has 0 unspecified atom stereocenters. The number of hydrogen-bond acceptors (Lipinski definition) is 7.